The Morgan fingerprint density at radius 3 is 2.48 bits per heavy atom. The van der Waals surface area contributed by atoms with Gasteiger partial charge in [-0.2, -0.15) is 5.10 Å². The van der Waals surface area contributed by atoms with Crippen LogP contribution in [0.2, 0.25) is 0 Å². The maximum Gasteiger partial charge on any atom is 0.223 e. The Bertz CT molecular complexity index is 502. The molecule has 0 radical (unpaired) electrons. The van der Waals surface area contributed by atoms with Crippen molar-refractivity contribution in [3.63, 3.8) is 0 Å². The van der Waals surface area contributed by atoms with Gasteiger partial charge < -0.3 is 15.5 Å². The molecule has 0 spiro atoms. The van der Waals surface area contributed by atoms with Crippen LogP contribution in [0.25, 0.3) is 0 Å². The molecule has 2 N–H and O–H groups in total. The highest BCUT2D eigenvalue weighted by Crippen LogP contribution is 2.27. The predicted molar refractivity (Wildman–Crippen MR) is 96.4 cm³/mol. The number of hydrogen-bond donors (Lipinski definition) is 1. The number of halogens is 2. The van der Waals surface area contributed by atoms with E-state index >= 15 is 0 Å². The molecule has 0 unspecified atom stereocenters. The van der Waals surface area contributed by atoms with Crippen LogP contribution in [0.5, 0.6) is 0 Å². The van der Waals surface area contributed by atoms with Crippen molar-refractivity contribution in [2.75, 3.05) is 31.1 Å². The van der Waals surface area contributed by atoms with Crippen LogP contribution in [0.1, 0.15) is 25.7 Å². The number of aryl methyl sites for hydroxylation is 1. The van der Waals surface area contributed by atoms with Gasteiger partial charge in [0.1, 0.15) is 0 Å². The summed E-state index contributed by atoms with van der Waals surface area (Å²) in [5.74, 6) is 0.678. The lowest BCUT2D eigenvalue weighted by molar-refractivity contribution is -0.132. The van der Waals surface area contributed by atoms with Crippen LogP contribution >= 0.6 is 24.8 Å². The first-order valence-corrected chi connectivity index (χ1v) is 7.90. The molecule has 6 nitrogen and oxygen atoms in total. The summed E-state index contributed by atoms with van der Waals surface area (Å²) in [5, 5.41) is 4.20. The molecule has 8 heteroatoms. The standard InChI is InChI=1S/C15H25N5O.2ClH/c1-18-11-13(10-17-18)19-5-7-20(8-6-19)15(21)9-12-3-2-4-14(12)16;;/h10-12,14H,2-9,16H2,1H3;2*1H/t12-,14+;;/m0../s1. The van der Waals surface area contributed by atoms with Gasteiger partial charge in [0.2, 0.25) is 5.91 Å². The van der Waals surface area contributed by atoms with E-state index < -0.39 is 0 Å². The summed E-state index contributed by atoms with van der Waals surface area (Å²) < 4.78 is 1.81. The van der Waals surface area contributed by atoms with Crippen molar-refractivity contribution >= 4 is 36.4 Å². The zero-order valence-corrected chi connectivity index (χ0v) is 15.2. The molecule has 0 bridgehead atoms. The van der Waals surface area contributed by atoms with Crippen molar-refractivity contribution in [1.29, 1.82) is 0 Å². The van der Waals surface area contributed by atoms with Gasteiger partial charge in [-0.15, -0.1) is 24.8 Å². The van der Waals surface area contributed by atoms with Crippen molar-refractivity contribution in [2.24, 2.45) is 18.7 Å². The van der Waals surface area contributed by atoms with Crippen molar-refractivity contribution in [1.82, 2.24) is 14.7 Å². The summed E-state index contributed by atoms with van der Waals surface area (Å²) in [4.78, 5) is 16.7. The first kappa shape index (κ1) is 20.1. The Labute approximate surface area is 150 Å². The van der Waals surface area contributed by atoms with E-state index in [2.05, 4.69) is 10.00 Å². The SMILES string of the molecule is Cl.Cl.Cn1cc(N2CCN(C(=O)C[C@@H]3CCC[C@H]3N)CC2)cn1. The molecule has 3 rings (SSSR count). The van der Waals surface area contributed by atoms with Crippen molar-refractivity contribution < 1.29 is 4.79 Å². The third-order valence-corrected chi connectivity index (χ3v) is 4.84. The highest BCUT2D eigenvalue weighted by atomic mass is 35.5. The number of nitrogens with two attached hydrogens (primary N) is 1. The van der Waals surface area contributed by atoms with Crippen LogP contribution in [0, 0.1) is 5.92 Å². The van der Waals surface area contributed by atoms with Crippen LogP contribution in [0.3, 0.4) is 0 Å². The normalized spacial score (nSPS) is 24.1. The van der Waals surface area contributed by atoms with Gasteiger partial charge in [0, 0.05) is 51.9 Å². The number of amides is 1. The van der Waals surface area contributed by atoms with Crippen molar-refractivity contribution in [3.8, 4) is 0 Å². The van der Waals surface area contributed by atoms with E-state index in [0.717, 1.165) is 44.7 Å². The van der Waals surface area contributed by atoms with Gasteiger partial charge >= 0.3 is 0 Å². The van der Waals surface area contributed by atoms with Crippen LogP contribution in [-0.2, 0) is 11.8 Å². The molecule has 2 aliphatic rings. The van der Waals surface area contributed by atoms with Gasteiger partial charge in [0.15, 0.2) is 0 Å². The molecule has 1 saturated carbocycles. The van der Waals surface area contributed by atoms with Crippen LogP contribution in [-0.4, -0.2) is 52.8 Å². The molecule has 1 aliphatic carbocycles. The quantitative estimate of drug-likeness (QED) is 0.881. The summed E-state index contributed by atoms with van der Waals surface area (Å²) >= 11 is 0. The lowest BCUT2D eigenvalue weighted by Gasteiger charge is -2.36. The highest BCUT2D eigenvalue weighted by molar-refractivity contribution is 5.85. The molecular formula is C15H27Cl2N5O. The smallest absolute Gasteiger partial charge is 0.223 e. The van der Waals surface area contributed by atoms with Gasteiger partial charge in [0.25, 0.3) is 0 Å². The lowest BCUT2D eigenvalue weighted by atomic mass is 9.99. The van der Waals surface area contributed by atoms with Crippen molar-refractivity contribution in [2.45, 2.75) is 31.7 Å². The Hall–Kier alpha value is -0.980. The third-order valence-electron chi connectivity index (χ3n) is 4.84. The third kappa shape index (κ3) is 4.75. The monoisotopic (exact) mass is 363 g/mol. The van der Waals surface area contributed by atoms with Crippen LogP contribution in [0.15, 0.2) is 12.4 Å². The average molecular weight is 364 g/mol. The van der Waals surface area contributed by atoms with Gasteiger partial charge in [-0.1, -0.05) is 6.42 Å². The van der Waals surface area contributed by atoms with Crippen molar-refractivity contribution in [3.05, 3.63) is 12.4 Å². The molecule has 1 amide bonds. The summed E-state index contributed by atoms with van der Waals surface area (Å²) in [6.45, 7) is 3.37. The topological polar surface area (TPSA) is 67.4 Å². The van der Waals surface area contributed by atoms with E-state index in [1.165, 1.54) is 6.42 Å². The molecule has 1 saturated heterocycles. The number of aromatic nitrogens is 2. The first-order valence-electron chi connectivity index (χ1n) is 7.90. The number of anilines is 1. The second kappa shape index (κ2) is 8.76. The van der Waals surface area contributed by atoms with Gasteiger partial charge in [-0.3, -0.25) is 9.48 Å². The lowest BCUT2D eigenvalue weighted by Crippen LogP contribution is -2.49. The first-order chi connectivity index (χ1) is 10.1. The van der Waals surface area contributed by atoms with E-state index in [4.69, 9.17) is 5.73 Å². The minimum Gasteiger partial charge on any atom is -0.365 e. The maximum atomic E-state index is 12.4. The molecule has 2 atom stereocenters. The molecule has 0 aromatic carbocycles. The second-order valence-corrected chi connectivity index (χ2v) is 6.30. The average Bonchev–Trinajstić information content (AvgIpc) is 3.08. The fourth-order valence-corrected chi connectivity index (χ4v) is 3.46. The number of carbonyl (C=O) groups excluding carboxylic acids is 1. The van der Waals surface area contributed by atoms with Gasteiger partial charge in [0.05, 0.1) is 11.9 Å². The van der Waals surface area contributed by atoms with E-state index in [-0.39, 0.29) is 36.8 Å². The minimum absolute atomic E-state index is 0. The summed E-state index contributed by atoms with van der Waals surface area (Å²) in [5.41, 5.74) is 7.21. The minimum atomic E-state index is 0. The zero-order valence-electron chi connectivity index (χ0n) is 13.6. The number of hydrogen-bond acceptors (Lipinski definition) is 4. The molecular weight excluding hydrogens is 337 g/mol. The molecule has 1 aliphatic heterocycles. The van der Waals surface area contributed by atoms with Crippen LogP contribution < -0.4 is 10.6 Å². The Kier molecular flexibility index (Phi) is 7.64. The molecule has 23 heavy (non-hydrogen) atoms. The van der Waals surface area contributed by atoms with Gasteiger partial charge in [-0.25, -0.2) is 0 Å². The summed E-state index contributed by atoms with van der Waals surface area (Å²) in [6, 6.07) is 0.227. The number of rotatable bonds is 3. The molecule has 1 aromatic heterocycles. The molecule has 1 aromatic rings. The van der Waals surface area contributed by atoms with Crippen LogP contribution in [0.4, 0.5) is 5.69 Å². The molecule has 2 heterocycles. The summed E-state index contributed by atoms with van der Waals surface area (Å²) in [7, 11) is 1.92. The Morgan fingerprint density at radius 2 is 1.96 bits per heavy atom. The Morgan fingerprint density at radius 1 is 1.26 bits per heavy atom. The second-order valence-electron chi connectivity index (χ2n) is 6.30. The number of nitrogens with zero attached hydrogens (tertiary/aromatic N) is 4. The maximum absolute atomic E-state index is 12.4. The predicted octanol–water partition coefficient (Wildman–Crippen LogP) is 1.43. The molecule has 132 valence electrons. The largest absolute Gasteiger partial charge is 0.365 e. The summed E-state index contributed by atoms with van der Waals surface area (Å²) in [6.07, 6.45) is 7.90. The Balaban J connectivity index is 0.00000132. The highest BCUT2D eigenvalue weighted by Gasteiger charge is 2.29. The van der Waals surface area contributed by atoms with Gasteiger partial charge in [-0.05, 0) is 18.8 Å². The van der Waals surface area contributed by atoms with E-state index in [1.54, 1.807) is 0 Å². The van der Waals surface area contributed by atoms with E-state index in [9.17, 15) is 4.79 Å². The number of piperazine rings is 1. The van der Waals surface area contributed by atoms with E-state index in [0.29, 0.717) is 12.3 Å². The fraction of sp³-hybridized carbons (Fsp3) is 0.733. The number of carbonyl (C=O) groups is 1. The van der Waals surface area contributed by atoms with E-state index in [1.807, 2.05) is 29.0 Å². The molecule has 2 fully saturated rings. The fourth-order valence-electron chi connectivity index (χ4n) is 3.46. The zero-order chi connectivity index (χ0) is 14.8.